The molecule has 2 amide bonds. The lowest BCUT2D eigenvalue weighted by Crippen LogP contribution is -2.63. The summed E-state index contributed by atoms with van der Waals surface area (Å²) >= 11 is 6.45. The molecule has 3 aromatic rings. The molecule has 0 unspecified atom stereocenters. The predicted octanol–water partition coefficient (Wildman–Crippen LogP) is 5.29. The van der Waals surface area contributed by atoms with Gasteiger partial charge >= 0.3 is 6.09 Å². The number of halogens is 1. The Balaban J connectivity index is 1.30. The van der Waals surface area contributed by atoms with Crippen LogP contribution in [0.2, 0.25) is 5.02 Å². The highest BCUT2D eigenvalue weighted by Crippen LogP contribution is 2.38. The normalized spacial score (nSPS) is 22.6. The third-order valence-electron chi connectivity index (χ3n) is 9.00. The molecule has 2 fully saturated rings. The van der Waals surface area contributed by atoms with Crippen molar-refractivity contribution in [1.82, 2.24) is 29.2 Å². The number of amides is 2. The van der Waals surface area contributed by atoms with E-state index in [1.54, 1.807) is 4.90 Å². The number of likely N-dealkylation sites (tertiary alicyclic amines) is 1. The molecule has 6 rings (SSSR count). The van der Waals surface area contributed by atoms with Gasteiger partial charge in [0.25, 0.3) is 0 Å². The number of aryl methyl sites for hydroxylation is 3. The first-order chi connectivity index (χ1) is 21.1. The number of hydrogen-bond donors (Lipinski definition) is 0. The number of fused-ring (bicyclic) bond motifs is 2. The number of nitrogens with zero attached hydrogens (tertiary/aromatic N) is 6. The van der Waals surface area contributed by atoms with Crippen LogP contribution in [0.5, 0.6) is 0 Å². The van der Waals surface area contributed by atoms with Gasteiger partial charge in [-0.25, -0.2) is 9.78 Å². The Morgan fingerprint density at radius 3 is 2.64 bits per heavy atom. The maximum Gasteiger partial charge on any atom is 0.411 e. The lowest BCUT2D eigenvalue weighted by atomic mass is 9.94. The summed E-state index contributed by atoms with van der Waals surface area (Å²) in [5, 5.41) is 0.717. The summed E-state index contributed by atoms with van der Waals surface area (Å²) < 4.78 is 7.95. The second kappa shape index (κ2) is 12.5. The molecule has 0 spiro atoms. The summed E-state index contributed by atoms with van der Waals surface area (Å²) in [5.41, 5.74) is 4.91. The Labute approximate surface area is 265 Å². The first-order valence-electron chi connectivity index (χ1n) is 15.8. The van der Waals surface area contributed by atoms with Gasteiger partial charge in [-0.15, -0.1) is 0 Å². The minimum atomic E-state index is -0.668. The monoisotopic (exact) mass is 618 g/mol. The fraction of sp³-hybridized carbons (Fsp3) is 0.529. The molecule has 0 N–H and O–H groups in total. The molecule has 3 atom stereocenters. The highest BCUT2D eigenvalue weighted by Gasteiger charge is 2.43. The average Bonchev–Trinajstić information content (AvgIpc) is 3.32. The molecule has 0 bridgehead atoms. The molecule has 44 heavy (non-hydrogen) atoms. The number of carbonyl (C=O) groups is 2. The molecule has 1 aromatic carbocycles. The number of rotatable bonds is 4. The van der Waals surface area contributed by atoms with E-state index >= 15 is 0 Å². The van der Waals surface area contributed by atoms with Gasteiger partial charge in [-0.2, -0.15) is 0 Å². The summed E-state index contributed by atoms with van der Waals surface area (Å²) in [7, 11) is 0. The number of piperazine rings is 1. The fourth-order valence-corrected chi connectivity index (χ4v) is 7.23. The molecule has 234 valence electrons. The maximum atomic E-state index is 14.5. The number of imidazole rings is 1. The predicted molar refractivity (Wildman–Crippen MR) is 170 cm³/mol. The van der Waals surface area contributed by atoms with Gasteiger partial charge in [-0.05, 0) is 94.2 Å². The van der Waals surface area contributed by atoms with Gasteiger partial charge in [0.1, 0.15) is 11.6 Å². The highest BCUT2D eigenvalue weighted by atomic mass is 35.5. The van der Waals surface area contributed by atoms with E-state index in [1.165, 1.54) is 11.1 Å². The Hall–Kier alpha value is -3.43. The van der Waals surface area contributed by atoms with E-state index < -0.39 is 17.7 Å². The third-order valence-corrected chi connectivity index (χ3v) is 9.24. The van der Waals surface area contributed by atoms with Crippen LogP contribution in [0.1, 0.15) is 67.7 Å². The smallest absolute Gasteiger partial charge is 0.411 e. The summed E-state index contributed by atoms with van der Waals surface area (Å²) in [6.07, 6.45) is 9.05. The lowest BCUT2D eigenvalue weighted by Gasteiger charge is -2.46. The van der Waals surface area contributed by atoms with Crippen molar-refractivity contribution >= 4 is 23.6 Å². The SMILES string of the molecule is Cc1cn(C[C@@H]2CCCN(C(=O)[C@H]3CN([C@H]4c5ccc(Cl)cc5CCc5cccnc54)CCN3C(=O)OC(C)(C)C)C2)cn1. The molecule has 2 aliphatic heterocycles. The van der Waals surface area contributed by atoms with Crippen molar-refractivity contribution in [2.75, 3.05) is 32.7 Å². The molecule has 3 aliphatic rings. The van der Waals surface area contributed by atoms with E-state index in [2.05, 4.69) is 32.7 Å². The van der Waals surface area contributed by atoms with Crippen LogP contribution in [0.4, 0.5) is 4.79 Å². The average molecular weight is 619 g/mol. The minimum absolute atomic E-state index is 0.0155. The van der Waals surface area contributed by atoms with Crippen LogP contribution in [0.25, 0.3) is 0 Å². The van der Waals surface area contributed by atoms with E-state index in [9.17, 15) is 9.59 Å². The molecule has 2 aromatic heterocycles. The number of benzene rings is 1. The quantitative estimate of drug-likeness (QED) is 0.395. The zero-order chi connectivity index (χ0) is 31.0. The molecule has 9 nitrogen and oxygen atoms in total. The summed E-state index contributed by atoms with van der Waals surface area (Å²) in [6.45, 7) is 11.1. The lowest BCUT2D eigenvalue weighted by molar-refractivity contribution is -0.141. The molecule has 1 aliphatic carbocycles. The number of pyridine rings is 1. The van der Waals surface area contributed by atoms with Crippen LogP contribution < -0.4 is 0 Å². The van der Waals surface area contributed by atoms with Crippen molar-refractivity contribution in [2.45, 2.75) is 77.6 Å². The van der Waals surface area contributed by atoms with Crippen LogP contribution in [-0.2, 0) is 28.9 Å². The number of ether oxygens (including phenoxy) is 1. The molecule has 2 saturated heterocycles. The standard InChI is InChI=1S/C34H43ClN6O3/c1-23-18-38(22-37-23)19-24-7-6-14-40(20-24)32(42)29-21-39(15-16-41(29)33(43)44-34(2,3)4)31-28-12-11-27(35)17-26(28)10-9-25-8-5-13-36-30(25)31/h5,8,11-13,17-18,22,24,29,31H,6-7,9-10,14-16,19-21H2,1-4H3/t24-,29+,31-/m0/s1. The first kappa shape index (κ1) is 30.6. The summed E-state index contributed by atoms with van der Waals surface area (Å²) in [4.78, 5) is 43.3. The van der Waals surface area contributed by atoms with Crippen molar-refractivity contribution in [3.05, 3.63) is 82.2 Å². The summed E-state index contributed by atoms with van der Waals surface area (Å²) in [6, 6.07) is 9.44. The molecule has 0 radical (unpaired) electrons. The zero-order valence-corrected chi connectivity index (χ0v) is 27.0. The van der Waals surface area contributed by atoms with Crippen LogP contribution in [0, 0.1) is 12.8 Å². The van der Waals surface area contributed by atoms with E-state index in [0.717, 1.165) is 54.2 Å². The van der Waals surface area contributed by atoms with E-state index in [0.29, 0.717) is 38.6 Å². The highest BCUT2D eigenvalue weighted by molar-refractivity contribution is 6.30. The van der Waals surface area contributed by atoms with Crippen LogP contribution in [0.3, 0.4) is 0 Å². The summed E-state index contributed by atoms with van der Waals surface area (Å²) in [5.74, 6) is 0.309. The van der Waals surface area contributed by atoms with Crippen molar-refractivity contribution < 1.29 is 14.3 Å². The molecular formula is C34H43ClN6O3. The topological polar surface area (TPSA) is 83.8 Å². The van der Waals surface area contributed by atoms with Gasteiger partial charge in [0.15, 0.2) is 0 Å². The Morgan fingerprint density at radius 2 is 1.86 bits per heavy atom. The second-order valence-electron chi connectivity index (χ2n) is 13.5. The van der Waals surface area contributed by atoms with Crippen molar-refractivity contribution in [2.24, 2.45) is 5.92 Å². The zero-order valence-electron chi connectivity index (χ0n) is 26.2. The number of aromatic nitrogens is 3. The number of piperidine rings is 1. The largest absolute Gasteiger partial charge is 0.444 e. The van der Waals surface area contributed by atoms with Gasteiger partial charge in [0, 0.05) is 56.7 Å². The minimum Gasteiger partial charge on any atom is -0.444 e. The van der Waals surface area contributed by atoms with E-state index in [-0.39, 0.29) is 11.9 Å². The molecule has 4 heterocycles. The van der Waals surface area contributed by atoms with Crippen LogP contribution in [0.15, 0.2) is 49.1 Å². The van der Waals surface area contributed by atoms with E-state index in [4.69, 9.17) is 21.3 Å². The first-order valence-corrected chi connectivity index (χ1v) is 16.2. The van der Waals surface area contributed by atoms with Crippen molar-refractivity contribution in [3.63, 3.8) is 0 Å². The maximum absolute atomic E-state index is 14.5. The van der Waals surface area contributed by atoms with Gasteiger partial charge in [-0.3, -0.25) is 19.6 Å². The van der Waals surface area contributed by atoms with Gasteiger partial charge < -0.3 is 14.2 Å². The van der Waals surface area contributed by atoms with Crippen LogP contribution >= 0.6 is 11.6 Å². The molecular weight excluding hydrogens is 576 g/mol. The number of hydrogen-bond acceptors (Lipinski definition) is 6. The van der Waals surface area contributed by atoms with Crippen molar-refractivity contribution in [1.29, 1.82) is 0 Å². The van der Waals surface area contributed by atoms with Gasteiger partial charge in [-0.1, -0.05) is 23.7 Å². The van der Waals surface area contributed by atoms with E-state index in [1.807, 2.05) is 63.4 Å². The Kier molecular flexibility index (Phi) is 8.70. The molecule has 0 saturated carbocycles. The Bertz CT molecular complexity index is 1520. The van der Waals surface area contributed by atoms with Gasteiger partial charge in [0.2, 0.25) is 5.91 Å². The van der Waals surface area contributed by atoms with Crippen LogP contribution in [-0.4, -0.2) is 85.6 Å². The Morgan fingerprint density at radius 1 is 1.05 bits per heavy atom. The molecule has 10 heteroatoms. The van der Waals surface area contributed by atoms with Gasteiger partial charge in [0.05, 0.1) is 23.8 Å². The second-order valence-corrected chi connectivity index (χ2v) is 13.9. The fourth-order valence-electron chi connectivity index (χ4n) is 7.04. The number of carbonyl (C=O) groups excluding carboxylic acids is 2. The third kappa shape index (κ3) is 6.64. The van der Waals surface area contributed by atoms with Crippen molar-refractivity contribution in [3.8, 4) is 0 Å².